The molecule has 0 saturated heterocycles. The molecule has 0 saturated carbocycles. The molecule has 1 amide bonds. The van der Waals surface area contributed by atoms with Crippen molar-refractivity contribution in [3.8, 4) is 11.5 Å². The van der Waals surface area contributed by atoms with E-state index in [1.165, 1.54) is 24.1 Å². The van der Waals surface area contributed by atoms with Crippen molar-refractivity contribution < 1.29 is 24.2 Å². The van der Waals surface area contributed by atoms with Gasteiger partial charge in [0, 0.05) is 11.8 Å². The quantitative estimate of drug-likeness (QED) is 0.665. The molecule has 0 fully saturated rings. The lowest BCUT2D eigenvalue weighted by atomic mass is 10.0. The minimum atomic E-state index is -0.587. The van der Waals surface area contributed by atoms with E-state index in [9.17, 15) is 14.7 Å². The van der Waals surface area contributed by atoms with Gasteiger partial charge in [0.15, 0.2) is 0 Å². The molecule has 6 heteroatoms. The van der Waals surface area contributed by atoms with Crippen LogP contribution in [0.3, 0.4) is 0 Å². The fraction of sp³-hybridized carbons (Fsp3) is 0.143. The molecule has 2 aromatic rings. The summed E-state index contributed by atoms with van der Waals surface area (Å²) in [6, 6.07) is 13.4. The number of carbonyl (C=O) groups excluding carboxylic acids is 2. The van der Waals surface area contributed by atoms with Crippen LogP contribution in [0.25, 0.3) is 6.08 Å². The Bertz CT molecular complexity index is 957. The van der Waals surface area contributed by atoms with Gasteiger partial charge in [-0.25, -0.2) is 4.79 Å². The van der Waals surface area contributed by atoms with Gasteiger partial charge in [0.1, 0.15) is 11.5 Å². The van der Waals surface area contributed by atoms with Crippen LogP contribution in [0, 0.1) is 0 Å². The number of methoxy groups -OCH3 is 2. The number of carbonyl (C=O) groups is 2. The van der Waals surface area contributed by atoms with Crippen molar-refractivity contribution >= 4 is 23.6 Å². The summed E-state index contributed by atoms with van der Waals surface area (Å²) in [5, 5.41) is 9.44. The fourth-order valence-corrected chi connectivity index (χ4v) is 2.98. The van der Waals surface area contributed by atoms with Gasteiger partial charge in [-0.3, -0.25) is 9.69 Å². The Morgan fingerprint density at radius 2 is 1.81 bits per heavy atom. The molecule has 1 heterocycles. The Balaban J connectivity index is 2.12. The lowest BCUT2D eigenvalue weighted by Gasteiger charge is -2.18. The molecule has 0 unspecified atom stereocenters. The van der Waals surface area contributed by atoms with Gasteiger partial charge in [-0.05, 0) is 42.8 Å². The second kappa shape index (κ2) is 7.37. The van der Waals surface area contributed by atoms with Gasteiger partial charge in [-0.2, -0.15) is 0 Å². The van der Waals surface area contributed by atoms with Crippen molar-refractivity contribution in [1.29, 1.82) is 0 Å². The van der Waals surface area contributed by atoms with Crippen molar-refractivity contribution in [2.75, 3.05) is 19.1 Å². The molecule has 1 aliphatic heterocycles. The molecular formula is C21H19NO5. The van der Waals surface area contributed by atoms with Crippen molar-refractivity contribution in [2.45, 2.75) is 6.92 Å². The number of hydrogen-bond acceptors (Lipinski definition) is 5. The van der Waals surface area contributed by atoms with Gasteiger partial charge in [0.2, 0.25) is 0 Å². The summed E-state index contributed by atoms with van der Waals surface area (Å²) in [5.41, 5.74) is 2.18. The third kappa shape index (κ3) is 3.42. The molecule has 138 valence electrons. The molecule has 3 rings (SSSR count). The number of phenolic OH excluding ortho intramolecular Hbond substituents is 1. The van der Waals surface area contributed by atoms with Crippen molar-refractivity contribution in [1.82, 2.24) is 0 Å². The summed E-state index contributed by atoms with van der Waals surface area (Å²) < 4.78 is 10.1. The van der Waals surface area contributed by atoms with Crippen LogP contribution in [-0.2, 0) is 14.3 Å². The zero-order chi connectivity index (χ0) is 19.6. The predicted molar refractivity (Wildman–Crippen MR) is 101 cm³/mol. The lowest BCUT2D eigenvalue weighted by Crippen LogP contribution is -2.24. The maximum Gasteiger partial charge on any atom is 0.340 e. The number of ether oxygens (including phenoxy) is 2. The number of rotatable bonds is 4. The molecule has 0 atom stereocenters. The highest BCUT2D eigenvalue weighted by atomic mass is 16.5. The Morgan fingerprint density at radius 3 is 2.44 bits per heavy atom. The van der Waals surface area contributed by atoms with E-state index in [-0.39, 0.29) is 22.8 Å². The number of allylic oxidation sites excluding steroid dienone is 1. The first kappa shape index (κ1) is 18.3. The molecule has 1 aliphatic rings. The van der Waals surface area contributed by atoms with E-state index in [1.807, 2.05) is 0 Å². The highest BCUT2D eigenvalue weighted by molar-refractivity contribution is 6.23. The standard InChI is InChI=1S/C21H19NO5/c1-13-19(21(25)27-3)18(11-14-7-9-16(23)10-8-14)20(24)22(13)15-5-4-6-17(12-15)26-2/h4-12,23H,1-3H3/b18-11-. The van der Waals surface area contributed by atoms with Crippen LogP contribution in [0.2, 0.25) is 0 Å². The molecule has 0 spiro atoms. The highest BCUT2D eigenvalue weighted by Crippen LogP contribution is 2.36. The molecule has 2 aromatic carbocycles. The summed E-state index contributed by atoms with van der Waals surface area (Å²) in [5.74, 6) is -0.206. The Labute approximate surface area is 156 Å². The van der Waals surface area contributed by atoms with E-state index < -0.39 is 5.97 Å². The molecule has 0 bridgehead atoms. The zero-order valence-electron chi connectivity index (χ0n) is 15.2. The molecule has 27 heavy (non-hydrogen) atoms. The van der Waals surface area contributed by atoms with Gasteiger partial charge < -0.3 is 14.6 Å². The SMILES string of the molecule is COC(=O)C1=C(C)N(c2cccc(OC)c2)C(=O)/C1=C\c1ccc(O)cc1. The summed E-state index contributed by atoms with van der Waals surface area (Å²) >= 11 is 0. The Morgan fingerprint density at radius 1 is 1.11 bits per heavy atom. The summed E-state index contributed by atoms with van der Waals surface area (Å²) in [4.78, 5) is 27.0. The topological polar surface area (TPSA) is 76.1 Å². The first-order valence-electron chi connectivity index (χ1n) is 8.25. The average molecular weight is 365 g/mol. The zero-order valence-corrected chi connectivity index (χ0v) is 15.2. The minimum absolute atomic E-state index is 0.118. The number of nitrogens with zero attached hydrogens (tertiary/aromatic N) is 1. The van der Waals surface area contributed by atoms with E-state index in [2.05, 4.69) is 0 Å². The number of aromatic hydroxyl groups is 1. The van der Waals surface area contributed by atoms with Gasteiger partial charge >= 0.3 is 5.97 Å². The van der Waals surface area contributed by atoms with Crippen LogP contribution in [0.1, 0.15) is 12.5 Å². The van der Waals surface area contributed by atoms with E-state index >= 15 is 0 Å². The van der Waals surface area contributed by atoms with E-state index in [0.29, 0.717) is 22.7 Å². The summed E-state index contributed by atoms with van der Waals surface area (Å²) in [6.45, 7) is 1.70. The minimum Gasteiger partial charge on any atom is -0.508 e. The van der Waals surface area contributed by atoms with Crippen molar-refractivity contribution in [2.24, 2.45) is 0 Å². The van der Waals surface area contributed by atoms with Gasteiger partial charge in [-0.15, -0.1) is 0 Å². The lowest BCUT2D eigenvalue weighted by molar-refractivity contribution is -0.136. The number of anilines is 1. The Kier molecular flexibility index (Phi) is 4.98. The maximum absolute atomic E-state index is 13.1. The van der Waals surface area contributed by atoms with Gasteiger partial charge in [0.25, 0.3) is 5.91 Å². The van der Waals surface area contributed by atoms with Crippen LogP contribution in [0.4, 0.5) is 5.69 Å². The van der Waals surface area contributed by atoms with Gasteiger partial charge in [-0.1, -0.05) is 18.2 Å². The fourth-order valence-electron chi connectivity index (χ4n) is 2.98. The third-order valence-corrected chi connectivity index (χ3v) is 4.31. The van der Waals surface area contributed by atoms with E-state index in [4.69, 9.17) is 9.47 Å². The van der Waals surface area contributed by atoms with Crippen LogP contribution in [0.5, 0.6) is 11.5 Å². The molecular weight excluding hydrogens is 346 g/mol. The van der Waals surface area contributed by atoms with Crippen LogP contribution in [-0.4, -0.2) is 31.2 Å². The van der Waals surface area contributed by atoms with E-state index in [0.717, 1.165) is 0 Å². The number of hydrogen-bond donors (Lipinski definition) is 1. The normalized spacial score (nSPS) is 15.4. The molecule has 1 N–H and O–H groups in total. The number of amides is 1. The van der Waals surface area contributed by atoms with E-state index in [1.54, 1.807) is 56.5 Å². The molecule has 0 radical (unpaired) electrons. The molecule has 0 aliphatic carbocycles. The van der Waals surface area contributed by atoms with Gasteiger partial charge in [0.05, 0.1) is 31.1 Å². The van der Waals surface area contributed by atoms with Crippen LogP contribution in [0.15, 0.2) is 65.4 Å². The largest absolute Gasteiger partial charge is 0.508 e. The van der Waals surface area contributed by atoms with Crippen LogP contribution < -0.4 is 9.64 Å². The monoisotopic (exact) mass is 365 g/mol. The first-order chi connectivity index (χ1) is 13.0. The smallest absolute Gasteiger partial charge is 0.340 e. The second-order valence-corrected chi connectivity index (χ2v) is 5.94. The average Bonchev–Trinajstić information content (AvgIpc) is 2.92. The Hall–Kier alpha value is -3.54. The molecule has 0 aromatic heterocycles. The maximum atomic E-state index is 13.1. The number of phenols is 1. The van der Waals surface area contributed by atoms with Crippen molar-refractivity contribution in [3.05, 3.63) is 70.9 Å². The van der Waals surface area contributed by atoms with Crippen LogP contribution >= 0.6 is 0 Å². The molecule has 6 nitrogen and oxygen atoms in total. The number of benzene rings is 2. The van der Waals surface area contributed by atoms with Crippen molar-refractivity contribution in [3.63, 3.8) is 0 Å². The number of esters is 1. The second-order valence-electron chi connectivity index (χ2n) is 5.94. The third-order valence-electron chi connectivity index (χ3n) is 4.31. The summed E-state index contributed by atoms with van der Waals surface area (Å²) in [6.07, 6.45) is 1.61. The summed E-state index contributed by atoms with van der Waals surface area (Å²) in [7, 11) is 2.82. The predicted octanol–water partition coefficient (Wildman–Crippen LogP) is 3.28. The first-order valence-corrected chi connectivity index (χ1v) is 8.25. The highest BCUT2D eigenvalue weighted by Gasteiger charge is 2.38.